The fourth-order valence-corrected chi connectivity index (χ4v) is 2.96. The van der Waals surface area contributed by atoms with Gasteiger partial charge in [0.05, 0.1) is 5.41 Å². The summed E-state index contributed by atoms with van der Waals surface area (Å²) in [6.07, 6.45) is 1.08. The molecule has 19 heavy (non-hydrogen) atoms. The lowest BCUT2D eigenvalue weighted by Crippen LogP contribution is -2.41. The van der Waals surface area contributed by atoms with Gasteiger partial charge < -0.3 is 9.84 Å². The van der Waals surface area contributed by atoms with Crippen molar-refractivity contribution in [2.24, 2.45) is 0 Å². The van der Waals surface area contributed by atoms with Crippen LogP contribution in [0.25, 0.3) is 10.8 Å². The molecule has 98 valence electrons. The molecule has 0 saturated carbocycles. The molecular formula is C16H16O3. The van der Waals surface area contributed by atoms with E-state index in [0.717, 1.165) is 16.3 Å². The largest absolute Gasteiger partial charge is 0.481 e. The third kappa shape index (κ3) is 1.90. The second-order valence-corrected chi connectivity index (χ2v) is 5.03. The van der Waals surface area contributed by atoms with Gasteiger partial charge in [-0.3, -0.25) is 4.79 Å². The zero-order chi connectivity index (χ0) is 13.3. The Bertz CT molecular complexity index is 607. The van der Waals surface area contributed by atoms with Gasteiger partial charge in [0.25, 0.3) is 0 Å². The highest BCUT2D eigenvalue weighted by Gasteiger charge is 2.42. The van der Waals surface area contributed by atoms with Crippen LogP contribution in [0.4, 0.5) is 0 Å². The summed E-state index contributed by atoms with van der Waals surface area (Å²) in [5, 5.41) is 11.9. The number of ether oxygens (including phenoxy) is 1. The highest BCUT2D eigenvalue weighted by molar-refractivity contribution is 5.93. The van der Waals surface area contributed by atoms with Crippen LogP contribution in [0.15, 0.2) is 42.5 Å². The van der Waals surface area contributed by atoms with Gasteiger partial charge in [-0.15, -0.1) is 0 Å². The number of rotatable bonds is 2. The second kappa shape index (κ2) is 4.67. The molecule has 0 amide bonds. The molecule has 3 rings (SSSR count). The van der Waals surface area contributed by atoms with E-state index in [1.807, 2.05) is 42.5 Å². The molecule has 0 bridgehead atoms. The van der Waals surface area contributed by atoms with Crippen molar-refractivity contribution in [3.05, 3.63) is 48.0 Å². The average Bonchev–Trinajstić information content (AvgIpc) is 2.47. The summed E-state index contributed by atoms with van der Waals surface area (Å²) in [6.45, 7) is 1.02. The number of fused-ring (bicyclic) bond motifs is 1. The molecule has 1 fully saturated rings. The Morgan fingerprint density at radius 1 is 1.05 bits per heavy atom. The van der Waals surface area contributed by atoms with E-state index in [1.54, 1.807) is 0 Å². The number of carboxylic acids is 1. The molecule has 1 saturated heterocycles. The molecule has 0 unspecified atom stereocenters. The fraction of sp³-hybridized carbons (Fsp3) is 0.312. The minimum absolute atomic E-state index is 0.509. The number of carbonyl (C=O) groups is 1. The van der Waals surface area contributed by atoms with E-state index in [9.17, 15) is 9.90 Å². The molecule has 1 aliphatic heterocycles. The third-order valence-corrected chi connectivity index (χ3v) is 4.06. The van der Waals surface area contributed by atoms with Crippen molar-refractivity contribution in [2.45, 2.75) is 18.3 Å². The second-order valence-electron chi connectivity index (χ2n) is 5.03. The Labute approximate surface area is 111 Å². The van der Waals surface area contributed by atoms with E-state index < -0.39 is 11.4 Å². The maximum Gasteiger partial charge on any atom is 0.314 e. The molecule has 3 heteroatoms. The average molecular weight is 256 g/mol. The number of carboxylic acid groups (broad SMARTS) is 1. The molecule has 3 nitrogen and oxygen atoms in total. The summed E-state index contributed by atoms with van der Waals surface area (Å²) in [4.78, 5) is 11.9. The quantitative estimate of drug-likeness (QED) is 0.898. The topological polar surface area (TPSA) is 46.5 Å². The maximum atomic E-state index is 11.9. The van der Waals surface area contributed by atoms with Crippen LogP contribution in [-0.2, 0) is 14.9 Å². The van der Waals surface area contributed by atoms with Crippen molar-refractivity contribution < 1.29 is 14.6 Å². The van der Waals surface area contributed by atoms with Crippen LogP contribution in [0.1, 0.15) is 18.4 Å². The van der Waals surface area contributed by atoms with Crippen LogP contribution in [0.5, 0.6) is 0 Å². The van der Waals surface area contributed by atoms with E-state index in [-0.39, 0.29) is 0 Å². The van der Waals surface area contributed by atoms with Crippen LogP contribution in [0.2, 0.25) is 0 Å². The molecular weight excluding hydrogens is 240 g/mol. The monoisotopic (exact) mass is 256 g/mol. The van der Waals surface area contributed by atoms with Crippen molar-refractivity contribution in [3.63, 3.8) is 0 Å². The van der Waals surface area contributed by atoms with E-state index in [2.05, 4.69) is 0 Å². The van der Waals surface area contributed by atoms with Crippen molar-refractivity contribution in [2.75, 3.05) is 13.2 Å². The normalized spacial score (nSPS) is 18.3. The first-order valence-corrected chi connectivity index (χ1v) is 6.53. The smallest absolute Gasteiger partial charge is 0.314 e. The Kier molecular flexibility index (Phi) is 2.99. The lowest BCUT2D eigenvalue weighted by molar-refractivity contribution is -0.147. The summed E-state index contributed by atoms with van der Waals surface area (Å²) in [5.74, 6) is -0.743. The van der Waals surface area contributed by atoms with Crippen LogP contribution >= 0.6 is 0 Å². The summed E-state index contributed by atoms with van der Waals surface area (Å²) in [5.41, 5.74) is 0.112. The van der Waals surface area contributed by atoms with Crippen molar-refractivity contribution in [1.29, 1.82) is 0 Å². The van der Waals surface area contributed by atoms with E-state index >= 15 is 0 Å². The number of hydrogen-bond acceptors (Lipinski definition) is 2. The molecule has 0 radical (unpaired) electrons. The van der Waals surface area contributed by atoms with Gasteiger partial charge in [0.1, 0.15) is 0 Å². The number of aliphatic carboxylic acids is 1. The Hall–Kier alpha value is -1.87. The van der Waals surface area contributed by atoms with Gasteiger partial charge in [-0.25, -0.2) is 0 Å². The van der Waals surface area contributed by atoms with Gasteiger partial charge in [-0.05, 0) is 29.2 Å². The lowest BCUT2D eigenvalue weighted by atomic mass is 9.72. The molecule has 0 atom stereocenters. The Morgan fingerprint density at radius 2 is 1.74 bits per heavy atom. The summed E-state index contributed by atoms with van der Waals surface area (Å²) in [6, 6.07) is 13.9. The molecule has 0 spiro atoms. The maximum absolute atomic E-state index is 11.9. The molecule has 1 aliphatic rings. The minimum atomic E-state index is -0.806. The summed E-state index contributed by atoms with van der Waals surface area (Å²) in [7, 11) is 0. The van der Waals surface area contributed by atoms with Gasteiger partial charge in [0.15, 0.2) is 0 Å². The molecule has 0 aliphatic carbocycles. The van der Waals surface area contributed by atoms with E-state index in [1.165, 1.54) is 0 Å². The number of hydrogen-bond donors (Lipinski definition) is 1. The summed E-state index contributed by atoms with van der Waals surface area (Å²) >= 11 is 0. The van der Waals surface area contributed by atoms with Gasteiger partial charge >= 0.3 is 5.97 Å². The van der Waals surface area contributed by atoms with Crippen LogP contribution < -0.4 is 0 Å². The fourth-order valence-electron chi connectivity index (χ4n) is 2.96. The van der Waals surface area contributed by atoms with Gasteiger partial charge in [-0.2, -0.15) is 0 Å². The van der Waals surface area contributed by atoms with E-state index in [4.69, 9.17) is 4.74 Å². The SMILES string of the molecule is O=C(O)C1(c2cccc3ccccc23)CCOCC1. The Balaban J connectivity index is 2.23. The molecule has 2 aromatic rings. The van der Waals surface area contributed by atoms with Crippen LogP contribution in [0, 0.1) is 0 Å². The van der Waals surface area contributed by atoms with Crippen molar-refractivity contribution >= 4 is 16.7 Å². The first kappa shape index (κ1) is 12.2. The van der Waals surface area contributed by atoms with Gasteiger partial charge in [0.2, 0.25) is 0 Å². The summed E-state index contributed by atoms with van der Waals surface area (Å²) < 4.78 is 5.35. The molecule has 2 aromatic carbocycles. The zero-order valence-electron chi connectivity index (χ0n) is 10.6. The standard InChI is InChI=1S/C16H16O3/c17-15(18)16(8-10-19-11-9-16)14-7-3-5-12-4-1-2-6-13(12)14/h1-7H,8-11H2,(H,17,18). The van der Waals surface area contributed by atoms with E-state index in [0.29, 0.717) is 26.1 Å². The lowest BCUT2D eigenvalue weighted by Gasteiger charge is -2.34. The first-order valence-electron chi connectivity index (χ1n) is 6.53. The first-order chi connectivity index (χ1) is 9.24. The minimum Gasteiger partial charge on any atom is -0.481 e. The predicted octanol–water partition coefficient (Wildman–Crippen LogP) is 2.97. The van der Waals surface area contributed by atoms with Crippen molar-refractivity contribution in [1.82, 2.24) is 0 Å². The predicted molar refractivity (Wildman–Crippen MR) is 73.3 cm³/mol. The molecule has 0 aromatic heterocycles. The molecule has 1 heterocycles. The highest BCUT2D eigenvalue weighted by atomic mass is 16.5. The third-order valence-electron chi connectivity index (χ3n) is 4.06. The van der Waals surface area contributed by atoms with Crippen LogP contribution in [-0.4, -0.2) is 24.3 Å². The van der Waals surface area contributed by atoms with Crippen molar-refractivity contribution in [3.8, 4) is 0 Å². The van der Waals surface area contributed by atoms with Gasteiger partial charge in [0, 0.05) is 13.2 Å². The Morgan fingerprint density at radius 3 is 2.47 bits per heavy atom. The van der Waals surface area contributed by atoms with Crippen LogP contribution in [0.3, 0.4) is 0 Å². The molecule has 1 N–H and O–H groups in total. The number of benzene rings is 2. The highest BCUT2D eigenvalue weighted by Crippen LogP contribution is 2.38. The van der Waals surface area contributed by atoms with Gasteiger partial charge in [-0.1, -0.05) is 42.5 Å². The zero-order valence-corrected chi connectivity index (χ0v) is 10.6.